The number of hydrogen-bond acceptors (Lipinski definition) is 3. The highest BCUT2D eigenvalue weighted by Crippen LogP contribution is 2.10. The molecule has 0 saturated carbocycles. The van der Waals surface area contributed by atoms with Gasteiger partial charge in [-0.25, -0.2) is 9.59 Å². The zero-order chi connectivity index (χ0) is 21.8. The van der Waals surface area contributed by atoms with E-state index in [2.05, 4.69) is 16.8 Å². The normalized spacial score (nSPS) is 10.5. The number of aromatic carboxylic acids is 1. The zero-order valence-electron chi connectivity index (χ0n) is 16.5. The van der Waals surface area contributed by atoms with E-state index in [0.717, 1.165) is 10.1 Å². The monoisotopic (exact) mass is 410 g/mol. The van der Waals surface area contributed by atoms with Crippen LogP contribution in [0.3, 0.4) is 0 Å². The number of aromatic amines is 1. The van der Waals surface area contributed by atoms with Crippen LogP contribution in [0.5, 0.6) is 0 Å². The minimum Gasteiger partial charge on any atom is -0.478 e. The van der Waals surface area contributed by atoms with Gasteiger partial charge in [0.25, 0.3) is 5.56 Å². The van der Waals surface area contributed by atoms with E-state index in [0.29, 0.717) is 28.5 Å². The lowest BCUT2D eigenvalue weighted by atomic mass is 10.1. The molecule has 6 nitrogen and oxygen atoms in total. The highest BCUT2D eigenvalue weighted by molar-refractivity contribution is 5.87. The maximum atomic E-state index is 13.0. The number of aromatic nitrogens is 2. The van der Waals surface area contributed by atoms with Crippen molar-refractivity contribution >= 4 is 16.9 Å². The van der Waals surface area contributed by atoms with Crippen LogP contribution in [-0.2, 0) is 13.0 Å². The van der Waals surface area contributed by atoms with Gasteiger partial charge in [-0.2, -0.15) is 0 Å². The Hall–Kier alpha value is -4.37. The molecule has 0 atom stereocenters. The molecule has 0 spiro atoms. The lowest BCUT2D eigenvalue weighted by molar-refractivity contribution is 0.0697. The van der Waals surface area contributed by atoms with E-state index in [1.165, 1.54) is 12.1 Å². The number of rotatable bonds is 4. The smallest absolute Gasteiger partial charge is 0.335 e. The summed E-state index contributed by atoms with van der Waals surface area (Å²) in [6.07, 6.45) is 0.598. The molecule has 0 unspecified atom stereocenters. The summed E-state index contributed by atoms with van der Waals surface area (Å²) in [5, 5.41) is 9.37. The fourth-order valence-electron chi connectivity index (χ4n) is 3.25. The molecule has 152 valence electrons. The summed E-state index contributed by atoms with van der Waals surface area (Å²) in [7, 11) is 0. The number of H-pyrrole nitrogens is 1. The van der Waals surface area contributed by atoms with Crippen LogP contribution < -0.4 is 11.2 Å². The van der Waals surface area contributed by atoms with Crippen molar-refractivity contribution in [3.05, 3.63) is 116 Å². The van der Waals surface area contributed by atoms with Gasteiger partial charge in [-0.3, -0.25) is 9.36 Å². The van der Waals surface area contributed by atoms with Crippen LogP contribution >= 0.6 is 0 Å². The summed E-state index contributed by atoms with van der Waals surface area (Å²) >= 11 is 0. The van der Waals surface area contributed by atoms with Crippen LogP contribution in [0.1, 0.15) is 27.0 Å². The molecule has 0 aliphatic heterocycles. The second-order valence-electron chi connectivity index (χ2n) is 7.05. The van der Waals surface area contributed by atoms with Gasteiger partial charge >= 0.3 is 11.7 Å². The molecule has 1 aromatic heterocycles. The molecule has 0 aliphatic rings. The predicted octanol–water partition coefficient (Wildman–Crippen LogP) is 3.03. The van der Waals surface area contributed by atoms with Gasteiger partial charge in [0.15, 0.2) is 0 Å². The second-order valence-corrected chi connectivity index (χ2v) is 7.05. The highest BCUT2D eigenvalue weighted by atomic mass is 16.4. The Balaban J connectivity index is 1.65. The topological polar surface area (TPSA) is 92.2 Å². The Morgan fingerprint density at radius 1 is 0.935 bits per heavy atom. The largest absolute Gasteiger partial charge is 0.478 e. The first-order valence-electron chi connectivity index (χ1n) is 9.63. The summed E-state index contributed by atoms with van der Waals surface area (Å²) in [5.41, 5.74) is 2.08. The first kappa shape index (κ1) is 19.9. The van der Waals surface area contributed by atoms with Gasteiger partial charge < -0.3 is 10.1 Å². The van der Waals surface area contributed by atoms with E-state index in [9.17, 15) is 14.4 Å². The number of carboxylic acids is 1. The van der Waals surface area contributed by atoms with Crippen molar-refractivity contribution in [2.45, 2.75) is 13.0 Å². The van der Waals surface area contributed by atoms with Gasteiger partial charge in [0.1, 0.15) is 0 Å². The summed E-state index contributed by atoms with van der Waals surface area (Å²) in [6.45, 7) is 0.0356. The zero-order valence-corrected chi connectivity index (χ0v) is 16.5. The number of benzene rings is 3. The summed E-state index contributed by atoms with van der Waals surface area (Å²) in [4.78, 5) is 39.1. The Morgan fingerprint density at radius 3 is 2.39 bits per heavy atom. The molecule has 0 fully saturated rings. The van der Waals surface area contributed by atoms with Crippen LogP contribution in [-0.4, -0.2) is 20.6 Å². The van der Waals surface area contributed by atoms with Crippen molar-refractivity contribution in [3.63, 3.8) is 0 Å². The van der Waals surface area contributed by atoms with Crippen LogP contribution in [0, 0.1) is 11.8 Å². The third-order valence-corrected chi connectivity index (χ3v) is 4.89. The molecule has 31 heavy (non-hydrogen) atoms. The molecule has 6 heteroatoms. The maximum absolute atomic E-state index is 13.0. The van der Waals surface area contributed by atoms with Gasteiger partial charge in [-0.15, -0.1) is 0 Å². The second kappa shape index (κ2) is 8.56. The molecule has 0 radical (unpaired) electrons. The molecule has 0 amide bonds. The van der Waals surface area contributed by atoms with Crippen LogP contribution in [0.4, 0.5) is 0 Å². The minimum atomic E-state index is -1.03. The van der Waals surface area contributed by atoms with Gasteiger partial charge in [0.2, 0.25) is 0 Å². The van der Waals surface area contributed by atoms with Crippen LogP contribution in [0.15, 0.2) is 82.4 Å². The molecule has 0 aliphatic carbocycles. The summed E-state index contributed by atoms with van der Waals surface area (Å²) < 4.78 is 1.10. The summed E-state index contributed by atoms with van der Waals surface area (Å²) in [5.74, 6) is 5.14. The van der Waals surface area contributed by atoms with Crippen molar-refractivity contribution in [3.8, 4) is 11.8 Å². The van der Waals surface area contributed by atoms with E-state index < -0.39 is 17.2 Å². The quantitative estimate of drug-likeness (QED) is 0.506. The number of nitrogens with one attached hydrogen (secondary N) is 1. The van der Waals surface area contributed by atoms with E-state index in [1.807, 2.05) is 30.3 Å². The fraction of sp³-hybridized carbons (Fsp3) is 0.0800. The molecule has 4 rings (SSSR count). The highest BCUT2D eigenvalue weighted by Gasteiger charge is 2.09. The predicted molar refractivity (Wildman–Crippen MR) is 118 cm³/mol. The van der Waals surface area contributed by atoms with Crippen LogP contribution in [0.25, 0.3) is 10.9 Å². The third-order valence-electron chi connectivity index (χ3n) is 4.89. The SMILES string of the molecule is O=C(O)c1ccc(Cn2c(=O)[nH]c3ccc(C#CCc4ccccc4)cc3c2=O)cc1. The fourth-order valence-corrected chi connectivity index (χ4v) is 3.25. The molecular weight excluding hydrogens is 392 g/mol. The number of hydrogen-bond donors (Lipinski definition) is 2. The van der Waals surface area contributed by atoms with E-state index in [4.69, 9.17) is 5.11 Å². The first-order chi connectivity index (χ1) is 15.0. The average Bonchev–Trinajstić information content (AvgIpc) is 2.78. The van der Waals surface area contributed by atoms with E-state index in [1.54, 1.807) is 30.3 Å². The molecule has 1 heterocycles. The summed E-state index contributed by atoms with van der Waals surface area (Å²) in [6, 6.07) is 21.1. The third kappa shape index (κ3) is 4.46. The Labute approximate surface area is 177 Å². The van der Waals surface area contributed by atoms with Crippen molar-refractivity contribution in [1.29, 1.82) is 0 Å². The van der Waals surface area contributed by atoms with E-state index >= 15 is 0 Å². The van der Waals surface area contributed by atoms with Crippen molar-refractivity contribution in [1.82, 2.24) is 9.55 Å². The molecule has 4 aromatic rings. The maximum Gasteiger partial charge on any atom is 0.335 e. The Bertz CT molecular complexity index is 1440. The minimum absolute atomic E-state index is 0.0356. The number of fused-ring (bicyclic) bond motifs is 1. The van der Waals surface area contributed by atoms with Gasteiger partial charge in [0.05, 0.1) is 23.0 Å². The lowest BCUT2D eigenvalue weighted by Gasteiger charge is -2.07. The van der Waals surface area contributed by atoms with Crippen molar-refractivity contribution < 1.29 is 9.90 Å². The molecule has 2 N–H and O–H groups in total. The number of carbonyl (C=O) groups is 1. The van der Waals surface area contributed by atoms with Crippen molar-refractivity contribution in [2.24, 2.45) is 0 Å². The first-order valence-corrected chi connectivity index (χ1v) is 9.63. The standard InChI is InChI=1S/C25H18N2O4/c28-23-21-15-18(8-4-7-17-5-2-1-3-6-17)11-14-22(21)26-25(31)27(23)16-19-9-12-20(13-10-19)24(29)30/h1-3,5-6,9-15H,7,16H2,(H,26,31)(H,29,30). The lowest BCUT2D eigenvalue weighted by Crippen LogP contribution is -2.35. The van der Waals surface area contributed by atoms with E-state index in [-0.39, 0.29) is 12.1 Å². The molecular formula is C25H18N2O4. The van der Waals surface area contributed by atoms with Gasteiger partial charge in [-0.1, -0.05) is 54.3 Å². The molecule has 0 saturated heterocycles. The Kier molecular flexibility index (Phi) is 5.50. The molecule has 3 aromatic carbocycles. The van der Waals surface area contributed by atoms with Gasteiger partial charge in [0, 0.05) is 12.0 Å². The average molecular weight is 410 g/mol. The number of carboxylic acid groups (broad SMARTS) is 1. The Morgan fingerprint density at radius 2 is 1.68 bits per heavy atom. The van der Waals surface area contributed by atoms with Crippen LogP contribution in [0.2, 0.25) is 0 Å². The van der Waals surface area contributed by atoms with Gasteiger partial charge in [-0.05, 0) is 41.5 Å². The van der Waals surface area contributed by atoms with Crippen molar-refractivity contribution in [2.75, 3.05) is 0 Å². The number of nitrogens with zero attached hydrogens (tertiary/aromatic N) is 1. The molecule has 0 bridgehead atoms.